The van der Waals surface area contributed by atoms with E-state index in [2.05, 4.69) is 17.6 Å². The Bertz CT molecular complexity index is 909. The van der Waals surface area contributed by atoms with Gasteiger partial charge in [-0.1, -0.05) is 50.6 Å². The molecular formula is C26H37N3O5. The lowest BCUT2D eigenvalue weighted by atomic mass is 9.70. The number of hydrogen-bond acceptors (Lipinski definition) is 5. The number of carbonyl (C=O) groups excluding carboxylic acids is 3. The minimum absolute atomic E-state index is 0.0588. The molecule has 3 unspecified atom stereocenters. The van der Waals surface area contributed by atoms with Crippen LogP contribution in [0.4, 0.5) is 0 Å². The van der Waals surface area contributed by atoms with Gasteiger partial charge in [-0.05, 0) is 38.2 Å². The van der Waals surface area contributed by atoms with Gasteiger partial charge in [-0.2, -0.15) is 0 Å². The zero-order valence-corrected chi connectivity index (χ0v) is 20.3. The molecule has 7 atom stereocenters. The summed E-state index contributed by atoms with van der Waals surface area (Å²) in [7, 11) is 0. The molecule has 8 nitrogen and oxygen atoms in total. The molecule has 34 heavy (non-hydrogen) atoms. The van der Waals surface area contributed by atoms with Crippen LogP contribution >= 0.6 is 0 Å². The summed E-state index contributed by atoms with van der Waals surface area (Å²) in [6, 6.07) is 7.58. The first kappa shape index (κ1) is 24.7. The molecule has 3 N–H and O–H groups in total. The van der Waals surface area contributed by atoms with Crippen LogP contribution in [-0.4, -0.2) is 64.7 Å². The van der Waals surface area contributed by atoms with Gasteiger partial charge in [0.15, 0.2) is 0 Å². The third kappa shape index (κ3) is 4.01. The number of aliphatic hydroxyl groups is 1. The molecule has 3 heterocycles. The van der Waals surface area contributed by atoms with E-state index in [9.17, 15) is 19.5 Å². The second-order valence-corrected chi connectivity index (χ2v) is 9.90. The number of amides is 3. The van der Waals surface area contributed by atoms with E-state index in [1.54, 1.807) is 0 Å². The lowest BCUT2D eigenvalue weighted by Crippen LogP contribution is -2.57. The van der Waals surface area contributed by atoms with E-state index < -0.39 is 29.5 Å². The summed E-state index contributed by atoms with van der Waals surface area (Å²) in [5, 5.41) is 16.4. The number of fused-ring (bicyclic) bond motifs is 1. The van der Waals surface area contributed by atoms with Crippen molar-refractivity contribution in [2.45, 2.75) is 82.7 Å². The fourth-order valence-electron chi connectivity index (χ4n) is 6.25. The maximum Gasteiger partial charge on any atom is 0.246 e. The Labute approximate surface area is 201 Å². The van der Waals surface area contributed by atoms with Crippen LogP contribution in [0.15, 0.2) is 30.3 Å². The lowest BCUT2D eigenvalue weighted by molar-refractivity contribution is -0.146. The second-order valence-electron chi connectivity index (χ2n) is 9.90. The van der Waals surface area contributed by atoms with E-state index in [4.69, 9.17) is 4.74 Å². The zero-order valence-electron chi connectivity index (χ0n) is 20.3. The van der Waals surface area contributed by atoms with Crippen molar-refractivity contribution in [2.75, 3.05) is 13.2 Å². The van der Waals surface area contributed by atoms with Gasteiger partial charge >= 0.3 is 0 Å². The SMILES string of the molecule is CCCNC(=O)[C@@H]1[C@@H]2CCC3(O2)C(C(=O)NC(C)CCC)N([C@H](CO)c2ccccc2)C(=O)[C@H]13. The first-order valence-corrected chi connectivity index (χ1v) is 12.6. The van der Waals surface area contributed by atoms with E-state index in [0.717, 1.165) is 24.8 Å². The zero-order chi connectivity index (χ0) is 24.5. The molecule has 3 fully saturated rings. The van der Waals surface area contributed by atoms with E-state index in [-0.39, 0.29) is 36.5 Å². The summed E-state index contributed by atoms with van der Waals surface area (Å²) < 4.78 is 6.44. The molecular weight excluding hydrogens is 434 g/mol. The minimum atomic E-state index is -1.06. The number of nitrogens with one attached hydrogen (secondary N) is 2. The molecule has 186 valence electrons. The minimum Gasteiger partial charge on any atom is -0.394 e. The maximum atomic E-state index is 14.0. The number of hydrogen-bond donors (Lipinski definition) is 3. The summed E-state index contributed by atoms with van der Waals surface area (Å²) in [5.41, 5.74) is -0.315. The molecule has 2 bridgehead atoms. The van der Waals surface area contributed by atoms with Gasteiger partial charge in [0.05, 0.1) is 30.6 Å². The van der Waals surface area contributed by atoms with E-state index in [0.29, 0.717) is 19.4 Å². The average molecular weight is 472 g/mol. The highest BCUT2D eigenvalue weighted by molar-refractivity contribution is 5.99. The Kier molecular flexibility index (Phi) is 7.28. The van der Waals surface area contributed by atoms with Gasteiger partial charge in [-0.3, -0.25) is 14.4 Å². The number of carbonyl (C=O) groups is 3. The fourth-order valence-corrected chi connectivity index (χ4v) is 6.25. The Morgan fingerprint density at radius 3 is 2.59 bits per heavy atom. The van der Waals surface area contributed by atoms with Crippen molar-refractivity contribution in [1.82, 2.24) is 15.5 Å². The highest BCUT2D eigenvalue weighted by Crippen LogP contribution is 2.59. The van der Waals surface area contributed by atoms with Gasteiger partial charge in [-0.25, -0.2) is 0 Å². The van der Waals surface area contributed by atoms with Crippen molar-refractivity contribution < 1.29 is 24.2 Å². The lowest BCUT2D eigenvalue weighted by Gasteiger charge is -2.37. The van der Waals surface area contributed by atoms with Crippen LogP contribution < -0.4 is 10.6 Å². The molecule has 0 aliphatic carbocycles. The van der Waals surface area contributed by atoms with Gasteiger partial charge in [0.2, 0.25) is 17.7 Å². The van der Waals surface area contributed by atoms with Crippen LogP contribution in [0.2, 0.25) is 0 Å². The van der Waals surface area contributed by atoms with Crippen molar-refractivity contribution in [3.8, 4) is 0 Å². The van der Waals surface area contributed by atoms with Crippen LogP contribution in [0.1, 0.15) is 64.5 Å². The highest BCUT2D eigenvalue weighted by atomic mass is 16.5. The third-order valence-corrected chi connectivity index (χ3v) is 7.64. The smallest absolute Gasteiger partial charge is 0.246 e. The summed E-state index contributed by atoms with van der Waals surface area (Å²) in [4.78, 5) is 42.4. The molecule has 3 aliphatic heterocycles. The highest BCUT2D eigenvalue weighted by Gasteiger charge is 2.75. The quantitative estimate of drug-likeness (QED) is 0.483. The first-order chi connectivity index (χ1) is 16.4. The first-order valence-electron chi connectivity index (χ1n) is 12.6. The average Bonchev–Trinajstić information content (AvgIpc) is 3.46. The van der Waals surface area contributed by atoms with E-state index in [1.807, 2.05) is 44.2 Å². The Balaban J connectivity index is 1.75. The van der Waals surface area contributed by atoms with E-state index >= 15 is 0 Å². The van der Waals surface area contributed by atoms with Gasteiger partial charge in [0.25, 0.3) is 0 Å². The number of benzene rings is 1. The number of rotatable bonds is 10. The Hall–Kier alpha value is -2.45. The molecule has 4 rings (SSSR count). The van der Waals surface area contributed by atoms with Crippen molar-refractivity contribution in [3.63, 3.8) is 0 Å². The molecule has 3 amide bonds. The number of likely N-dealkylation sites (tertiary alicyclic amines) is 1. The number of aliphatic hydroxyl groups excluding tert-OH is 1. The number of nitrogens with zero attached hydrogens (tertiary/aromatic N) is 1. The second kappa shape index (κ2) is 10.0. The molecule has 0 radical (unpaired) electrons. The molecule has 0 saturated carbocycles. The van der Waals surface area contributed by atoms with Crippen LogP contribution in [0.3, 0.4) is 0 Å². The van der Waals surface area contributed by atoms with E-state index in [1.165, 1.54) is 4.90 Å². The van der Waals surface area contributed by atoms with Crippen LogP contribution in [0.5, 0.6) is 0 Å². The van der Waals surface area contributed by atoms with Crippen molar-refractivity contribution >= 4 is 17.7 Å². The van der Waals surface area contributed by atoms with Crippen LogP contribution in [0, 0.1) is 11.8 Å². The molecule has 3 saturated heterocycles. The summed E-state index contributed by atoms with van der Waals surface area (Å²) >= 11 is 0. The summed E-state index contributed by atoms with van der Waals surface area (Å²) in [6.45, 7) is 6.18. The van der Waals surface area contributed by atoms with Gasteiger partial charge in [-0.15, -0.1) is 0 Å². The van der Waals surface area contributed by atoms with Crippen molar-refractivity contribution in [1.29, 1.82) is 0 Å². The van der Waals surface area contributed by atoms with Crippen LogP contribution in [-0.2, 0) is 19.1 Å². The van der Waals surface area contributed by atoms with Gasteiger partial charge in [0.1, 0.15) is 11.6 Å². The molecule has 1 aromatic rings. The predicted molar refractivity (Wildman–Crippen MR) is 127 cm³/mol. The largest absolute Gasteiger partial charge is 0.394 e. The Morgan fingerprint density at radius 2 is 1.94 bits per heavy atom. The van der Waals surface area contributed by atoms with Crippen molar-refractivity contribution in [2.24, 2.45) is 11.8 Å². The molecule has 1 spiro atoms. The topological polar surface area (TPSA) is 108 Å². The fraction of sp³-hybridized carbons (Fsp3) is 0.654. The molecule has 1 aromatic carbocycles. The number of ether oxygens (including phenoxy) is 1. The van der Waals surface area contributed by atoms with Gasteiger partial charge in [0, 0.05) is 12.6 Å². The standard InChI is InChI=1S/C26H37N3O5/c1-4-9-16(3)28-24(32)22-26-13-12-19(34-26)20(23(31)27-14-5-2)21(26)25(33)29(22)18(15-30)17-10-7-6-8-11-17/h6-8,10-11,16,18-22,30H,4-5,9,12-15H2,1-3H3,(H,27,31)(H,28,32)/t16?,18-,19+,20-,21+,22?,26?/m1/s1. The predicted octanol–water partition coefficient (Wildman–Crippen LogP) is 1.93. The molecule has 3 aliphatic rings. The summed E-state index contributed by atoms with van der Waals surface area (Å²) in [5.74, 6) is -2.12. The Morgan fingerprint density at radius 1 is 1.21 bits per heavy atom. The van der Waals surface area contributed by atoms with Crippen molar-refractivity contribution in [3.05, 3.63) is 35.9 Å². The molecule has 0 aromatic heterocycles. The molecule has 8 heteroatoms. The summed E-state index contributed by atoms with van der Waals surface area (Å²) in [6.07, 6.45) is 3.32. The third-order valence-electron chi connectivity index (χ3n) is 7.64. The van der Waals surface area contributed by atoms with Gasteiger partial charge < -0.3 is 25.4 Å². The maximum absolute atomic E-state index is 14.0. The normalized spacial score (nSPS) is 31.3. The van der Waals surface area contributed by atoms with Crippen LogP contribution in [0.25, 0.3) is 0 Å². The monoisotopic (exact) mass is 471 g/mol.